The average Bonchev–Trinajstić information content (AvgIpc) is 2.88. The molecule has 7 nitrogen and oxygen atoms in total. The van der Waals surface area contributed by atoms with E-state index < -0.39 is 23.2 Å². The van der Waals surface area contributed by atoms with Gasteiger partial charge in [0.15, 0.2) is 0 Å². The van der Waals surface area contributed by atoms with Crippen LogP contribution in [0.3, 0.4) is 0 Å². The van der Waals surface area contributed by atoms with Gasteiger partial charge in [-0.25, -0.2) is 4.79 Å². The summed E-state index contributed by atoms with van der Waals surface area (Å²) in [5, 5.41) is 23.8. The second-order valence-corrected chi connectivity index (χ2v) is 9.90. The zero-order chi connectivity index (χ0) is 19.4. The van der Waals surface area contributed by atoms with Gasteiger partial charge in [-0.2, -0.15) is 0 Å². The molecule has 0 radical (unpaired) electrons. The van der Waals surface area contributed by atoms with Gasteiger partial charge >= 0.3 is 6.16 Å². The maximum Gasteiger partial charge on any atom is 0.506 e. The van der Waals surface area contributed by atoms with Crippen LogP contribution in [0.25, 0.3) is 10.4 Å². The van der Waals surface area contributed by atoms with E-state index in [-0.39, 0.29) is 17.4 Å². The highest BCUT2D eigenvalue weighted by molar-refractivity contribution is 5.57. The number of aliphatic hydroxyl groups excluding tert-OH is 1. The zero-order valence-electron chi connectivity index (χ0n) is 16.3. The van der Waals surface area contributed by atoms with Crippen LogP contribution in [0.2, 0.25) is 0 Å². The normalized spacial score (nSPS) is 51.3. The Hall–Kier alpha value is -1.46. The van der Waals surface area contributed by atoms with Crippen molar-refractivity contribution in [3.05, 3.63) is 10.4 Å². The number of nitrogens with zero attached hydrogens (tertiary/aromatic N) is 3. The Morgan fingerprint density at radius 3 is 2.59 bits per heavy atom. The number of azide groups is 1. The Kier molecular flexibility index (Phi) is 4.39. The second kappa shape index (κ2) is 6.28. The summed E-state index contributed by atoms with van der Waals surface area (Å²) < 4.78 is 5.28. The summed E-state index contributed by atoms with van der Waals surface area (Å²) in [6.07, 6.45) is 6.17. The van der Waals surface area contributed by atoms with E-state index in [1.165, 1.54) is 0 Å². The van der Waals surface area contributed by atoms with Gasteiger partial charge < -0.3 is 14.9 Å². The summed E-state index contributed by atoms with van der Waals surface area (Å²) in [7, 11) is 0. The second-order valence-electron chi connectivity index (χ2n) is 9.90. The molecule has 4 unspecified atom stereocenters. The van der Waals surface area contributed by atoms with Crippen LogP contribution in [0.15, 0.2) is 5.11 Å². The van der Waals surface area contributed by atoms with E-state index in [1.54, 1.807) is 0 Å². The standard InChI is InChI=1S/C20H31N3O4/c1-18-8-5-13(24)11-12(18)3-4-15-14(18)6-9-19(2)16(27-17(25)26)7-10-20(15,19)22-23-21/h12-16,24H,3-11H2,1-2H3,(H,25,26)/t12?,13?,14-,15+,16?,18-,19+,20?/m0/s1. The molecule has 27 heavy (non-hydrogen) atoms. The van der Waals surface area contributed by atoms with Crippen LogP contribution >= 0.6 is 0 Å². The summed E-state index contributed by atoms with van der Waals surface area (Å²) in [6.45, 7) is 4.46. The number of fused-ring (bicyclic) bond motifs is 5. The van der Waals surface area contributed by atoms with Crippen LogP contribution in [0.4, 0.5) is 4.79 Å². The lowest BCUT2D eigenvalue weighted by Gasteiger charge is -2.63. The Bertz CT molecular complexity index is 680. The van der Waals surface area contributed by atoms with E-state index in [9.17, 15) is 20.5 Å². The van der Waals surface area contributed by atoms with Crippen molar-refractivity contribution in [3.63, 3.8) is 0 Å². The molecule has 0 bridgehead atoms. The number of carbonyl (C=O) groups is 1. The van der Waals surface area contributed by atoms with Crippen LogP contribution in [-0.4, -0.2) is 34.1 Å². The minimum Gasteiger partial charge on any atom is -0.450 e. The first kappa shape index (κ1) is 18.9. The Morgan fingerprint density at radius 2 is 1.89 bits per heavy atom. The van der Waals surface area contributed by atoms with E-state index in [4.69, 9.17) is 4.74 Å². The zero-order valence-corrected chi connectivity index (χ0v) is 16.3. The number of carboxylic acid groups (broad SMARTS) is 1. The van der Waals surface area contributed by atoms with Crippen LogP contribution in [-0.2, 0) is 4.74 Å². The Morgan fingerprint density at radius 1 is 1.11 bits per heavy atom. The summed E-state index contributed by atoms with van der Waals surface area (Å²) in [5.74, 6) is 1.26. The molecule has 4 saturated carbocycles. The molecule has 7 heteroatoms. The van der Waals surface area contributed by atoms with Crippen molar-refractivity contribution >= 4 is 6.16 Å². The fraction of sp³-hybridized carbons (Fsp3) is 0.950. The van der Waals surface area contributed by atoms with Crippen LogP contribution in [0, 0.1) is 28.6 Å². The molecule has 8 atom stereocenters. The quantitative estimate of drug-likeness (QED) is 0.308. The fourth-order valence-electron chi connectivity index (χ4n) is 7.78. The molecule has 4 fully saturated rings. The van der Waals surface area contributed by atoms with Crippen LogP contribution < -0.4 is 0 Å². The van der Waals surface area contributed by atoms with E-state index >= 15 is 0 Å². The molecular weight excluding hydrogens is 346 g/mol. The molecule has 4 aliphatic rings. The lowest BCUT2D eigenvalue weighted by molar-refractivity contribution is -0.144. The lowest BCUT2D eigenvalue weighted by Crippen LogP contribution is -2.62. The summed E-state index contributed by atoms with van der Waals surface area (Å²) in [5.41, 5.74) is 8.61. The van der Waals surface area contributed by atoms with E-state index in [2.05, 4.69) is 23.9 Å². The molecule has 4 rings (SSSR count). The van der Waals surface area contributed by atoms with Gasteiger partial charge in [0.05, 0.1) is 11.6 Å². The number of aliphatic hydroxyl groups is 1. The summed E-state index contributed by atoms with van der Waals surface area (Å²) >= 11 is 0. The smallest absolute Gasteiger partial charge is 0.450 e. The van der Waals surface area contributed by atoms with Gasteiger partial charge in [-0.1, -0.05) is 19.0 Å². The number of hydrogen-bond acceptors (Lipinski definition) is 4. The monoisotopic (exact) mass is 377 g/mol. The first-order valence-corrected chi connectivity index (χ1v) is 10.4. The van der Waals surface area contributed by atoms with Crippen molar-refractivity contribution in [3.8, 4) is 0 Å². The molecule has 0 heterocycles. The van der Waals surface area contributed by atoms with Gasteiger partial charge in [0.2, 0.25) is 0 Å². The Balaban J connectivity index is 1.72. The van der Waals surface area contributed by atoms with Gasteiger partial charge in [0, 0.05) is 10.3 Å². The van der Waals surface area contributed by atoms with Gasteiger partial charge in [-0.15, -0.1) is 0 Å². The van der Waals surface area contributed by atoms with E-state index in [0.29, 0.717) is 24.7 Å². The summed E-state index contributed by atoms with van der Waals surface area (Å²) in [6, 6.07) is 0. The molecule has 2 N–H and O–H groups in total. The third kappa shape index (κ3) is 2.51. The predicted octanol–water partition coefficient (Wildman–Crippen LogP) is 4.89. The highest BCUT2D eigenvalue weighted by atomic mass is 16.7. The number of rotatable bonds is 2. The highest BCUT2D eigenvalue weighted by Crippen LogP contribution is 2.69. The maximum atomic E-state index is 11.2. The molecule has 0 aliphatic heterocycles. The molecule has 4 aliphatic carbocycles. The SMILES string of the molecule is C[C@]12CCC(O)CC1CC[C@@H]1[C@@H]2CC[C@]2(C)C(OC(=O)O)CCC12N=[N+]=[N-]. The van der Waals surface area contributed by atoms with Gasteiger partial charge in [-0.05, 0) is 86.5 Å². The molecule has 0 aromatic rings. The molecule has 150 valence electrons. The van der Waals surface area contributed by atoms with Crippen LogP contribution in [0.1, 0.15) is 71.6 Å². The molecular formula is C20H31N3O4. The lowest BCUT2D eigenvalue weighted by atomic mass is 9.43. The fourth-order valence-corrected chi connectivity index (χ4v) is 7.78. The maximum absolute atomic E-state index is 11.2. The minimum atomic E-state index is -1.24. The number of hydrogen-bond donors (Lipinski definition) is 2. The Labute approximate surface area is 160 Å². The molecule has 0 saturated heterocycles. The summed E-state index contributed by atoms with van der Waals surface area (Å²) in [4.78, 5) is 14.5. The third-order valence-corrected chi connectivity index (χ3v) is 9.21. The van der Waals surface area contributed by atoms with Crippen molar-refractivity contribution in [1.29, 1.82) is 0 Å². The third-order valence-electron chi connectivity index (χ3n) is 9.21. The van der Waals surface area contributed by atoms with E-state index in [1.807, 2.05) is 0 Å². The molecule has 0 aromatic carbocycles. The highest BCUT2D eigenvalue weighted by Gasteiger charge is 2.68. The van der Waals surface area contributed by atoms with Crippen molar-refractivity contribution in [1.82, 2.24) is 0 Å². The first-order valence-electron chi connectivity index (χ1n) is 10.4. The van der Waals surface area contributed by atoms with Crippen molar-refractivity contribution < 1.29 is 19.7 Å². The van der Waals surface area contributed by atoms with Gasteiger partial charge in [0.25, 0.3) is 0 Å². The molecule has 0 spiro atoms. The van der Waals surface area contributed by atoms with Gasteiger partial charge in [-0.3, -0.25) is 0 Å². The van der Waals surface area contributed by atoms with Crippen molar-refractivity contribution in [2.75, 3.05) is 0 Å². The predicted molar refractivity (Wildman–Crippen MR) is 99.0 cm³/mol. The average molecular weight is 377 g/mol. The van der Waals surface area contributed by atoms with E-state index in [0.717, 1.165) is 44.9 Å². The molecule has 0 aromatic heterocycles. The largest absolute Gasteiger partial charge is 0.506 e. The minimum absolute atomic E-state index is 0.174. The number of ether oxygens (including phenoxy) is 1. The van der Waals surface area contributed by atoms with Crippen LogP contribution in [0.5, 0.6) is 0 Å². The van der Waals surface area contributed by atoms with Crippen molar-refractivity contribution in [2.45, 2.75) is 89.4 Å². The first-order chi connectivity index (χ1) is 12.8. The van der Waals surface area contributed by atoms with Crippen molar-refractivity contribution in [2.24, 2.45) is 33.7 Å². The van der Waals surface area contributed by atoms with Gasteiger partial charge in [0.1, 0.15) is 6.10 Å². The molecule has 0 amide bonds. The topological polar surface area (TPSA) is 116 Å².